The van der Waals surface area contributed by atoms with E-state index in [-0.39, 0.29) is 10.5 Å². The molecule has 0 aromatic heterocycles. The highest BCUT2D eigenvalue weighted by Crippen LogP contribution is 2.18. The van der Waals surface area contributed by atoms with Crippen LogP contribution < -0.4 is 10.5 Å². The lowest BCUT2D eigenvalue weighted by atomic mass is 10.2. The lowest BCUT2D eigenvalue weighted by molar-refractivity contribution is 0.0953. The Kier molecular flexibility index (Phi) is 6.31. The topological polar surface area (TPSA) is 106 Å². The third kappa shape index (κ3) is 5.70. The standard InChI is InChI=1S/C11H15BrN2O4S2/c1-19(16)4-2-3-14-11(15)8-5-9(12)7-10(6-8)20(13,17)18/h5-7H,2-4H2,1H3,(H,14,15)(H2,13,17,18). The fraction of sp³-hybridized carbons (Fsp3) is 0.364. The van der Waals surface area contributed by atoms with E-state index in [1.807, 2.05) is 0 Å². The number of hydrogen-bond donors (Lipinski definition) is 2. The second kappa shape index (κ2) is 7.30. The summed E-state index contributed by atoms with van der Waals surface area (Å²) in [4.78, 5) is 11.7. The predicted molar refractivity (Wildman–Crippen MR) is 81.4 cm³/mol. The molecule has 0 fully saturated rings. The molecule has 1 amide bonds. The monoisotopic (exact) mass is 382 g/mol. The minimum absolute atomic E-state index is 0.133. The van der Waals surface area contributed by atoms with E-state index in [9.17, 15) is 17.4 Å². The SMILES string of the molecule is CS(=O)CCCNC(=O)c1cc(Br)cc(S(N)(=O)=O)c1. The fourth-order valence-corrected chi connectivity index (χ4v) is 3.22. The van der Waals surface area contributed by atoms with E-state index in [0.717, 1.165) is 0 Å². The van der Waals surface area contributed by atoms with Crippen LogP contribution >= 0.6 is 15.9 Å². The Bertz CT molecular complexity index is 631. The highest BCUT2D eigenvalue weighted by Gasteiger charge is 2.13. The number of sulfonamides is 1. The van der Waals surface area contributed by atoms with Crippen LogP contribution in [0.1, 0.15) is 16.8 Å². The van der Waals surface area contributed by atoms with Crippen LogP contribution in [0.15, 0.2) is 27.6 Å². The van der Waals surface area contributed by atoms with Crippen LogP contribution in [0.25, 0.3) is 0 Å². The molecule has 1 rings (SSSR count). The third-order valence-electron chi connectivity index (χ3n) is 2.36. The molecule has 0 aliphatic carbocycles. The molecule has 1 aromatic rings. The highest BCUT2D eigenvalue weighted by molar-refractivity contribution is 9.10. The molecule has 0 saturated heterocycles. The summed E-state index contributed by atoms with van der Waals surface area (Å²) < 4.78 is 33.9. The zero-order valence-electron chi connectivity index (χ0n) is 10.8. The first-order valence-corrected chi connectivity index (χ1v) is 9.68. The van der Waals surface area contributed by atoms with Crippen LogP contribution in [0.4, 0.5) is 0 Å². The van der Waals surface area contributed by atoms with E-state index in [4.69, 9.17) is 5.14 Å². The molecule has 3 N–H and O–H groups in total. The van der Waals surface area contributed by atoms with Crippen LogP contribution in [0.3, 0.4) is 0 Å². The Hall–Kier alpha value is -0.770. The van der Waals surface area contributed by atoms with Gasteiger partial charge in [-0.25, -0.2) is 13.6 Å². The Morgan fingerprint density at radius 1 is 1.40 bits per heavy atom. The first-order chi connectivity index (χ1) is 9.20. The van der Waals surface area contributed by atoms with Crippen LogP contribution in [-0.4, -0.2) is 37.1 Å². The van der Waals surface area contributed by atoms with E-state index in [0.29, 0.717) is 23.2 Å². The van der Waals surface area contributed by atoms with Gasteiger partial charge in [-0.15, -0.1) is 0 Å². The number of nitrogens with one attached hydrogen (secondary N) is 1. The Morgan fingerprint density at radius 2 is 2.05 bits per heavy atom. The Labute approximate surface area is 128 Å². The number of rotatable bonds is 6. The van der Waals surface area contributed by atoms with E-state index >= 15 is 0 Å². The van der Waals surface area contributed by atoms with Gasteiger partial charge in [-0.1, -0.05) is 15.9 Å². The van der Waals surface area contributed by atoms with Gasteiger partial charge in [0.15, 0.2) is 0 Å². The third-order valence-corrected chi connectivity index (χ3v) is 4.57. The van der Waals surface area contributed by atoms with Crippen molar-refractivity contribution in [2.24, 2.45) is 5.14 Å². The summed E-state index contributed by atoms with van der Waals surface area (Å²) in [5.74, 6) is 0.0966. The van der Waals surface area contributed by atoms with Crippen molar-refractivity contribution in [3.8, 4) is 0 Å². The molecule has 0 radical (unpaired) electrons. The molecular formula is C11H15BrN2O4S2. The lowest BCUT2D eigenvalue weighted by Crippen LogP contribution is -2.26. The van der Waals surface area contributed by atoms with Gasteiger partial charge in [0.1, 0.15) is 0 Å². The zero-order valence-corrected chi connectivity index (χ0v) is 14.0. The van der Waals surface area contributed by atoms with E-state index in [2.05, 4.69) is 21.2 Å². The molecule has 1 atom stereocenters. The molecule has 9 heteroatoms. The number of carbonyl (C=O) groups excluding carboxylic acids is 1. The number of benzene rings is 1. The maximum absolute atomic E-state index is 11.9. The largest absolute Gasteiger partial charge is 0.352 e. The van der Waals surface area contributed by atoms with Gasteiger partial charge in [0.05, 0.1) is 4.90 Å². The summed E-state index contributed by atoms with van der Waals surface area (Å²) in [5, 5.41) is 7.67. The van der Waals surface area contributed by atoms with E-state index < -0.39 is 26.7 Å². The van der Waals surface area contributed by atoms with Crippen LogP contribution in [0, 0.1) is 0 Å². The number of primary sulfonamides is 1. The summed E-state index contributed by atoms with van der Waals surface area (Å²) >= 11 is 3.13. The average molecular weight is 383 g/mol. The molecule has 0 aliphatic rings. The number of carbonyl (C=O) groups is 1. The fourth-order valence-electron chi connectivity index (χ4n) is 1.44. The zero-order chi connectivity index (χ0) is 15.3. The second-order valence-corrected chi connectivity index (χ2v) is 8.14. The molecule has 0 bridgehead atoms. The number of halogens is 1. The maximum atomic E-state index is 11.9. The van der Waals surface area contributed by atoms with Gasteiger partial charge in [-0.3, -0.25) is 9.00 Å². The van der Waals surface area contributed by atoms with Crippen molar-refractivity contribution in [1.29, 1.82) is 0 Å². The van der Waals surface area contributed by atoms with Gasteiger partial charge in [0, 0.05) is 39.4 Å². The molecule has 0 aliphatic heterocycles. The number of hydrogen-bond acceptors (Lipinski definition) is 4. The molecule has 1 unspecified atom stereocenters. The molecule has 1 aromatic carbocycles. The van der Waals surface area contributed by atoms with E-state index in [1.54, 1.807) is 6.26 Å². The summed E-state index contributed by atoms with van der Waals surface area (Å²) in [5.41, 5.74) is 0.195. The second-order valence-electron chi connectivity index (χ2n) is 4.11. The van der Waals surface area contributed by atoms with Crippen molar-refractivity contribution >= 4 is 42.7 Å². The van der Waals surface area contributed by atoms with Gasteiger partial charge in [0.25, 0.3) is 5.91 Å². The molecule has 6 nitrogen and oxygen atoms in total. The minimum atomic E-state index is -3.87. The number of nitrogens with two attached hydrogens (primary N) is 1. The quantitative estimate of drug-likeness (QED) is 0.702. The van der Waals surface area contributed by atoms with E-state index in [1.165, 1.54) is 18.2 Å². The van der Waals surface area contributed by atoms with Crippen LogP contribution in [0.2, 0.25) is 0 Å². The molecular weight excluding hydrogens is 368 g/mol. The molecule has 0 saturated carbocycles. The van der Waals surface area contributed by atoms with Crippen molar-refractivity contribution < 1.29 is 17.4 Å². The first kappa shape index (κ1) is 17.3. The van der Waals surface area contributed by atoms with Gasteiger partial charge in [0.2, 0.25) is 10.0 Å². The number of amides is 1. The van der Waals surface area contributed by atoms with Crippen molar-refractivity contribution in [3.63, 3.8) is 0 Å². The molecule has 0 heterocycles. The van der Waals surface area contributed by atoms with Crippen molar-refractivity contribution in [3.05, 3.63) is 28.2 Å². The Balaban J connectivity index is 2.78. The van der Waals surface area contributed by atoms with Gasteiger partial charge >= 0.3 is 0 Å². The van der Waals surface area contributed by atoms with Crippen molar-refractivity contribution in [2.75, 3.05) is 18.6 Å². The first-order valence-electron chi connectivity index (χ1n) is 5.62. The summed E-state index contributed by atoms with van der Waals surface area (Å²) in [6, 6.07) is 4.04. The average Bonchev–Trinajstić information content (AvgIpc) is 2.32. The van der Waals surface area contributed by atoms with Crippen molar-refractivity contribution in [1.82, 2.24) is 5.32 Å². The summed E-state index contributed by atoms with van der Waals surface area (Å²) in [7, 11) is -4.77. The summed E-state index contributed by atoms with van der Waals surface area (Å²) in [6.07, 6.45) is 2.18. The summed E-state index contributed by atoms with van der Waals surface area (Å²) in [6.45, 7) is 0.371. The molecule has 20 heavy (non-hydrogen) atoms. The molecule has 112 valence electrons. The van der Waals surface area contributed by atoms with Gasteiger partial charge < -0.3 is 5.32 Å². The van der Waals surface area contributed by atoms with Gasteiger partial charge in [-0.05, 0) is 24.6 Å². The lowest BCUT2D eigenvalue weighted by Gasteiger charge is -2.07. The predicted octanol–water partition coefficient (Wildman–Crippen LogP) is 0.595. The minimum Gasteiger partial charge on any atom is -0.352 e. The molecule has 0 spiro atoms. The Morgan fingerprint density at radius 3 is 2.60 bits per heavy atom. The maximum Gasteiger partial charge on any atom is 0.251 e. The van der Waals surface area contributed by atoms with Crippen LogP contribution in [-0.2, 0) is 20.8 Å². The van der Waals surface area contributed by atoms with Gasteiger partial charge in [-0.2, -0.15) is 0 Å². The van der Waals surface area contributed by atoms with Crippen molar-refractivity contribution in [2.45, 2.75) is 11.3 Å². The normalized spacial score (nSPS) is 12.9. The van der Waals surface area contributed by atoms with Crippen LogP contribution in [0.5, 0.6) is 0 Å². The smallest absolute Gasteiger partial charge is 0.251 e. The highest BCUT2D eigenvalue weighted by atomic mass is 79.9.